The molecule has 0 aromatic heterocycles. The topological polar surface area (TPSA) is 48.9 Å². The Morgan fingerprint density at radius 3 is 2.38 bits per heavy atom. The summed E-state index contributed by atoms with van der Waals surface area (Å²) < 4.78 is 5.37. The molecule has 2 rings (SSSR count). The van der Waals surface area contributed by atoms with Crippen LogP contribution in [0.1, 0.15) is 11.1 Å². The van der Waals surface area contributed by atoms with Gasteiger partial charge in [-0.15, -0.1) is 24.0 Å². The number of ether oxygens (including phenoxy) is 1. The summed E-state index contributed by atoms with van der Waals surface area (Å²) in [6.07, 6.45) is 0. The van der Waals surface area contributed by atoms with Crippen molar-refractivity contribution >= 4 is 29.9 Å². The Morgan fingerprint density at radius 2 is 1.81 bits per heavy atom. The predicted molar refractivity (Wildman–Crippen MR) is 97.2 cm³/mol. The van der Waals surface area contributed by atoms with E-state index in [1.807, 2.05) is 7.05 Å². The summed E-state index contributed by atoms with van der Waals surface area (Å²) in [7, 11) is 3.63. The molecule has 0 bridgehead atoms. The number of morpholine rings is 1. The molecule has 0 amide bonds. The van der Waals surface area contributed by atoms with Crippen molar-refractivity contribution in [2.75, 3.05) is 40.4 Å². The highest BCUT2D eigenvalue weighted by Crippen LogP contribution is 2.09. The van der Waals surface area contributed by atoms with Crippen LogP contribution in [-0.2, 0) is 17.8 Å². The van der Waals surface area contributed by atoms with Crippen LogP contribution in [0, 0.1) is 0 Å². The highest BCUT2D eigenvalue weighted by Gasteiger charge is 2.10. The molecular formula is C15H25IN4O. The minimum atomic E-state index is 0. The quantitative estimate of drug-likeness (QED) is 0.453. The van der Waals surface area contributed by atoms with Gasteiger partial charge < -0.3 is 15.4 Å². The van der Waals surface area contributed by atoms with Gasteiger partial charge in [-0.3, -0.25) is 9.89 Å². The second-order valence-corrected chi connectivity index (χ2v) is 4.88. The van der Waals surface area contributed by atoms with E-state index in [2.05, 4.69) is 44.8 Å². The van der Waals surface area contributed by atoms with E-state index >= 15 is 0 Å². The van der Waals surface area contributed by atoms with Gasteiger partial charge in [0.2, 0.25) is 0 Å². The molecule has 118 valence electrons. The van der Waals surface area contributed by atoms with Crippen molar-refractivity contribution in [3.63, 3.8) is 0 Å². The molecule has 1 aliphatic heterocycles. The van der Waals surface area contributed by atoms with Crippen molar-refractivity contribution in [2.45, 2.75) is 13.1 Å². The molecule has 0 radical (unpaired) electrons. The van der Waals surface area contributed by atoms with E-state index in [9.17, 15) is 0 Å². The number of aliphatic imine (C=N–C) groups is 1. The minimum absolute atomic E-state index is 0. The molecule has 1 aromatic carbocycles. The Morgan fingerprint density at radius 1 is 1.19 bits per heavy atom. The van der Waals surface area contributed by atoms with Gasteiger partial charge in [-0.25, -0.2) is 0 Å². The van der Waals surface area contributed by atoms with Crippen molar-refractivity contribution in [3.8, 4) is 0 Å². The van der Waals surface area contributed by atoms with Crippen LogP contribution in [0.15, 0.2) is 29.3 Å². The number of halogens is 1. The van der Waals surface area contributed by atoms with Crippen LogP contribution < -0.4 is 10.6 Å². The maximum atomic E-state index is 5.37. The van der Waals surface area contributed by atoms with Crippen LogP contribution >= 0.6 is 24.0 Å². The molecule has 1 saturated heterocycles. The van der Waals surface area contributed by atoms with E-state index in [0.29, 0.717) is 0 Å². The normalized spacial score (nSPS) is 16.2. The molecule has 0 spiro atoms. The van der Waals surface area contributed by atoms with Crippen LogP contribution in [0.2, 0.25) is 0 Å². The molecule has 1 heterocycles. The summed E-state index contributed by atoms with van der Waals surface area (Å²) in [5.74, 6) is 0.808. The van der Waals surface area contributed by atoms with Crippen molar-refractivity contribution in [1.29, 1.82) is 0 Å². The third-order valence-corrected chi connectivity index (χ3v) is 3.45. The first-order chi connectivity index (χ1) is 9.81. The fourth-order valence-electron chi connectivity index (χ4n) is 2.25. The Kier molecular flexibility index (Phi) is 8.63. The SMILES string of the molecule is CN=C(NC)NCc1ccc(CN2CCOCC2)cc1.I. The summed E-state index contributed by atoms with van der Waals surface area (Å²) >= 11 is 0. The summed E-state index contributed by atoms with van der Waals surface area (Å²) in [5, 5.41) is 6.26. The number of hydrogen-bond donors (Lipinski definition) is 2. The van der Waals surface area contributed by atoms with Crippen molar-refractivity contribution in [2.24, 2.45) is 4.99 Å². The molecular weight excluding hydrogens is 379 g/mol. The second kappa shape index (κ2) is 9.97. The van der Waals surface area contributed by atoms with Crippen LogP contribution in [0.25, 0.3) is 0 Å². The van der Waals surface area contributed by atoms with Gasteiger partial charge in [0.25, 0.3) is 0 Å². The minimum Gasteiger partial charge on any atom is -0.379 e. The first kappa shape index (κ1) is 18.2. The van der Waals surface area contributed by atoms with Crippen LogP contribution in [0.5, 0.6) is 0 Å². The van der Waals surface area contributed by atoms with Gasteiger partial charge in [0.05, 0.1) is 13.2 Å². The van der Waals surface area contributed by atoms with E-state index in [-0.39, 0.29) is 24.0 Å². The van der Waals surface area contributed by atoms with Gasteiger partial charge in [-0.1, -0.05) is 24.3 Å². The Hall–Kier alpha value is -0.860. The molecule has 0 unspecified atom stereocenters. The molecule has 1 aromatic rings. The number of guanidine groups is 1. The summed E-state index contributed by atoms with van der Waals surface area (Å²) in [6.45, 7) is 5.56. The maximum Gasteiger partial charge on any atom is 0.190 e. The van der Waals surface area contributed by atoms with Crippen molar-refractivity contribution in [3.05, 3.63) is 35.4 Å². The van der Waals surface area contributed by atoms with Gasteiger partial charge in [0.15, 0.2) is 5.96 Å². The molecule has 0 atom stereocenters. The van der Waals surface area contributed by atoms with Gasteiger partial charge >= 0.3 is 0 Å². The van der Waals surface area contributed by atoms with Crippen molar-refractivity contribution in [1.82, 2.24) is 15.5 Å². The lowest BCUT2D eigenvalue weighted by molar-refractivity contribution is 0.0342. The Labute approximate surface area is 144 Å². The fourth-order valence-corrected chi connectivity index (χ4v) is 2.25. The lowest BCUT2D eigenvalue weighted by atomic mass is 10.1. The number of benzene rings is 1. The van der Waals surface area contributed by atoms with E-state index in [1.165, 1.54) is 11.1 Å². The maximum absolute atomic E-state index is 5.37. The average Bonchev–Trinajstić information content (AvgIpc) is 2.51. The number of nitrogens with zero attached hydrogens (tertiary/aromatic N) is 2. The number of nitrogens with one attached hydrogen (secondary N) is 2. The lowest BCUT2D eigenvalue weighted by Gasteiger charge is -2.26. The molecule has 6 heteroatoms. The summed E-state index contributed by atoms with van der Waals surface area (Å²) in [6, 6.07) is 8.75. The van der Waals surface area contributed by atoms with Gasteiger partial charge in [-0.05, 0) is 11.1 Å². The zero-order valence-electron chi connectivity index (χ0n) is 12.8. The van der Waals surface area contributed by atoms with Crippen LogP contribution in [-0.4, -0.2) is 51.3 Å². The van der Waals surface area contributed by atoms with Crippen LogP contribution in [0.3, 0.4) is 0 Å². The smallest absolute Gasteiger partial charge is 0.190 e. The third-order valence-electron chi connectivity index (χ3n) is 3.45. The summed E-state index contributed by atoms with van der Waals surface area (Å²) in [4.78, 5) is 6.52. The third kappa shape index (κ3) is 6.19. The van der Waals surface area contributed by atoms with Crippen LogP contribution in [0.4, 0.5) is 0 Å². The Bertz CT molecular complexity index is 430. The number of hydrogen-bond acceptors (Lipinski definition) is 3. The first-order valence-electron chi connectivity index (χ1n) is 7.08. The molecule has 5 nitrogen and oxygen atoms in total. The standard InChI is InChI=1S/C15H24N4O.HI/c1-16-15(17-2)18-11-13-3-5-14(6-4-13)12-19-7-9-20-10-8-19;/h3-6H,7-12H2,1-2H3,(H2,16,17,18);1H. The van der Waals surface area contributed by atoms with Gasteiger partial charge in [-0.2, -0.15) is 0 Å². The molecule has 0 saturated carbocycles. The average molecular weight is 404 g/mol. The first-order valence-corrected chi connectivity index (χ1v) is 7.08. The zero-order chi connectivity index (χ0) is 14.2. The van der Waals surface area contributed by atoms with E-state index in [0.717, 1.165) is 45.4 Å². The Balaban J connectivity index is 0.00000220. The summed E-state index contributed by atoms with van der Waals surface area (Å²) in [5.41, 5.74) is 2.61. The fraction of sp³-hybridized carbons (Fsp3) is 0.533. The van der Waals surface area contributed by atoms with E-state index in [1.54, 1.807) is 7.05 Å². The zero-order valence-corrected chi connectivity index (χ0v) is 15.1. The highest BCUT2D eigenvalue weighted by molar-refractivity contribution is 14.0. The predicted octanol–water partition coefficient (Wildman–Crippen LogP) is 1.43. The lowest BCUT2D eigenvalue weighted by Crippen LogP contribution is -2.35. The highest BCUT2D eigenvalue weighted by atomic mass is 127. The molecule has 1 fully saturated rings. The number of rotatable bonds is 4. The molecule has 21 heavy (non-hydrogen) atoms. The largest absolute Gasteiger partial charge is 0.379 e. The molecule has 0 aliphatic carbocycles. The van der Waals surface area contributed by atoms with E-state index < -0.39 is 0 Å². The van der Waals surface area contributed by atoms with E-state index in [4.69, 9.17) is 4.74 Å². The van der Waals surface area contributed by atoms with Crippen molar-refractivity contribution < 1.29 is 4.74 Å². The monoisotopic (exact) mass is 404 g/mol. The van der Waals surface area contributed by atoms with Gasteiger partial charge in [0.1, 0.15) is 0 Å². The van der Waals surface area contributed by atoms with Gasteiger partial charge in [0, 0.05) is 40.3 Å². The molecule has 1 aliphatic rings. The second-order valence-electron chi connectivity index (χ2n) is 4.88. The molecule has 2 N–H and O–H groups in total.